The fourth-order valence-electron chi connectivity index (χ4n) is 5.17. The van der Waals surface area contributed by atoms with Gasteiger partial charge in [-0.1, -0.05) is 13.0 Å². The van der Waals surface area contributed by atoms with E-state index in [9.17, 15) is 18.4 Å². The van der Waals surface area contributed by atoms with Crippen LogP contribution in [0.4, 0.5) is 25.8 Å². The van der Waals surface area contributed by atoms with Crippen LogP contribution in [0.5, 0.6) is 0 Å². The predicted octanol–water partition coefficient (Wildman–Crippen LogP) is 3.53. The quantitative estimate of drug-likeness (QED) is 0.404. The fraction of sp³-hybridized carbons (Fsp3) is 0.393. The summed E-state index contributed by atoms with van der Waals surface area (Å²) < 4.78 is 34.9. The normalized spacial score (nSPS) is 18.9. The van der Waals surface area contributed by atoms with Crippen molar-refractivity contribution in [3.8, 4) is 5.69 Å². The Morgan fingerprint density at radius 3 is 2.51 bits per heavy atom. The van der Waals surface area contributed by atoms with Crippen molar-refractivity contribution in [2.75, 3.05) is 48.9 Å². The maximum atomic E-state index is 14.4. The molecular formula is C28H32F2N6O3. The number of rotatable bonds is 8. The van der Waals surface area contributed by atoms with Crippen LogP contribution in [0.2, 0.25) is 0 Å². The molecule has 3 aromatic rings. The van der Waals surface area contributed by atoms with E-state index in [0.29, 0.717) is 29.4 Å². The van der Waals surface area contributed by atoms with Crippen LogP contribution < -0.4 is 26.4 Å². The molecule has 3 heterocycles. The van der Waals surface area contributed by atoms with Gasteiger partial charge in [0.25, 0.3) is 11.5 Å². The summed E-state index contributed by atoms with van der Waals surface area (Å²) in [5, 5.41) is 13.8. The van der Waals surface area contributed by atoms with Gasteiger partial charge in [0.15, 0.2) is 11.6 Å². The minimum absolute atomic E-state index is 0.154. The van der Waals surface area contributed by atoms with Crippen LogP contribution in [-0.4, -0.2) is 55.1 Å². The third-order valence-corrected chi connectivity index (χ3v) is 7.10. The Labute approximate surface area is 225 Å². The molecule has 1 aromatic heterocycles. The molecule has 3 N–H and O–H groups in total. The first-order valence-electron chi connectivity index (χ1n) is 13.1. The summed E-state index contributed by atoms with van der Waals surface area (Å²) in [6.07, 6.45) is 1.94. The zero-order chi connectivity index (χ0) is 27.5. The summed E-state index contributed by atoms with van der Waals surface area (Å²) in [7, 11) is 1.87. The Kier molecular flexibility index (Phi) is 7.89. The second kappa shape index (κ2) is 11.5. The second-order valence-corrected chi connectivity index (χ2v) is 10.1. The Hall–Kier alpha value is -3.83. The lowest BCUT2D eigenvalue weighted by Crippen LogP contribution is -2.28. The van der Waals surface area contributed by atoms with Crippen molar-refractivity contribution in [2.24, 2.45) is 5.92 Å². The molecule has 2 unspecified atom stereocenters. The fourth-order valence-corrected chi connectivity index (χ4v) is 5.17. The van der Waals surface area contributed by atoms with Crippen LogP contribution in [0.3, 0.4) is 0 Å². The monoisotopic (exact) mass is 538 g/mol. The molecule has 0 spiro atoms. The molecular weight excluding hydrogens is 506 g/mol. The van der Waals surface area contributed by atoms with Crippen LogP contribution in [0.15, 0.2) is 47.3 Å². The van der Waals surface area contributed by atoms with E-state index in [4.69, 9.17) is 4.74 Å². The predicted molar refractivity (Wildman–Crippen MR) is 146 cm³/mol. The maximum Gasteiger partial charge on any atom is 0.276 e. The molecule has 2 fully saturated rings. The average molecular weight is 539 g/mol. The number of carbonyl (C=O) groups excluding carboxylic acids is 1. The first kappa shape index (κ1) is 26.8. The van der Waals surface area contributed by atoms with Crippen LogP contribution in [0, 0.1) is 17.6 Å². The van der Waals surface area contributed by atoms with Crippen molar-refractivity contribution < 1.29 is 18.3 Å². The van der Waals surface area contributed by atoms with Crippen molar-refractivity contribution in [2.45, 2.75) is 32.4 Å². The highest BCUT2D eigenvalue weighted by molar-refractivity contribution is 6.05. The van der Waals surface area contributed by atoms with Gasteiger partial charge in [-0.2, -0.15) is 9.78 Å². The molecule has 2 atom stereocenters. The highest BCUT2D eigenvalue weighted by Crippen LogP contribution is 2.39. The van der Waals surface area contributed by atoms with E-state index in [1.54, 1.807) is 0 Å². The number of nitrogens with one attached hydrogen (secondary N) is 3. The molecule has 2 saturated heterocycles. The standard InChI is InChI=1S/C28H32F2N6O3/c1-17-10-12-35(15-17)26-19(14-31-2)22(32-18-11-13-39-16-18)6-7-23(26)33-28(38)24-8-9-25(37)36(34-24)27-20(29)4-3-5-21(27)30/h3-9,17-18,31-32H,10-16H2,1-2H3,(H,33,38). The average Bonchev–Trinajstić information content (AvgIpc) is 3.58. The van der Waals surface area contributed by atoms with E-state index in [1.807, 2.05) is 19.2 Å². The third kappa shape index (κ3) is 5.64. The van der Waals surface area contributed by atoms with Gasteiger partial charge in [0.2, 0.25) is 0 Å². The van der Waals surface area contributed by atoms with Gasteiger partial charge in [0, 0.05) is 43.6 Å². The highest BCUT2D eigenvalue weighted by atomic mass is 19.1. The summed E-state index contributed by atoms with van der Waals surface area (Å²) in [4.78, 5) is 28.1. The molecule has 39 heavy (non-hydrogen) atoms. The number of nitrogens with zero attached hydrogens (tertiary/aromatic N) is 3. The molecule has 1 amide bonds. The van der Waals surface area contributed by atoms with E-state index in [0.717, 1.165) is 67.7 Å². The van der Waals surface area contributed by atoms with Crippen LogP contribution in [-0.2, 0) is 11.3 Å². The lowest BCUT2D eigenvalue weighted by Gasteiger charge is -2.28. The molecule has 0 radical (unpaired) electrons. The second-order valence-electron chi connectivity index (χ2n) is 10.1. The van der Waals surface area contributed by atoms with Crippen molar-refractivity contribution >= 4 is 23.0 Å². The van der Waals surface area contributed by atoms with Crippen LogP contribution in [0.1, 0.15) is 35.8 Å². The van der Waals surface area contributed by atoms with Gasteiger partial charge in [-0.3, -0.25) is 9.59 Å². The van der Waals surface area contributed by atoms with Crippen LogP contribution in [0.25, 0.3) is 5.69 Å². The summed E-state index contributed by atoms with van der Waals surface area (Å²) >= 11 is 0. The summed E-state index contributed by atoms with van der Waals surface area (Å²) in [6.45, 7) is 5.79. The SMILES string of the molecule is CNCc1c(NC2CCOC2)ccc(NC(=O)c2ccc(=O)n(-c3c(F)cccc3F)n2)c1N1CCC(C)C1. The zero-order valence-corrected chi connectivity index (χ0v) is 22.0. The summed E-state index contributed by atoms with van der Waals surface area (Å²) in [5.41, 5.74) is 1.93. The number of ether oxygens (including phenoxy) is 1. The van der Waals surface area contributed by atoms with E-state index >= 15 is 0 Å². The molecule has 9 nitrogen and oxygen atoms in total. The summed E-state index contributed by atoms with van der Waals surface area (Å²) in [6, 6.07) is 9.55. The zero-order valence-electron chi connectivity index (χ0n) is 22.0. The van der Waals surface area contributed by atoms with Crippen molar-refractivity contribution in [3.05, 3.63) is 75.7 Å². The Balaban J connectivity index is 1.52. The smallest absolute Gasteiger partial charge is 0.276 e. The van der Waals surface area contributed by atoms with Crippen molar-refractivity contribution in [1.29, 1.82) is 0 Å². The molecule has 2 aromatic carbocycles. The number of benzene rings is 2. The molecule has 0 bridgehead atoms. The minimum Gasteiger partial charge on any atom is -0.380 e. The largest absolute Gasteiger partial charge is 0.380 e. The minimum atomic E-state index is -0.958. The summed E-state index contributed by atoms with van der Waals surface area (Å²) in [5.74, 6) is -2.02. The molecule has 2 aliphatic heterocycles. The van der Waals surface area contributed by atoms with Gasteiger partial charge < -0.3 is 25.6 Å². The number of halogens is 2. The van der Waals surface area contributed by atoms with Crippen molar-refractivity contribution in [3.63, 3.8) is 0 Å². The van der Waals surface area contributed by atoms with Gasteiger partial charge >= 0.3 is 0 Å². The molecule has 11 heteroatoms. The maximum absolute atomic E-state index is 14.4. The van der Waals surface area contributed by atoms with E-state index < -0.39 is 28.8 Å². The third-order valence-electron chi connectivity index (χ3n) is 7.10. The number of hydrogen-bond acceptors (Lipinski definition) is 7. The molecule has 0 aliphatic carbocycles. The van der Waals surface area contributed by atoms with E-state index in [2.05, 4.69) is 32.9 Å². The highest BCUT2D eigenvalue weighted by Gasteiger charge is 2.27. The van der Waals surface area contributed by atoms with E-state index in [-0.39, 0.29) is 11.7 Å². The molecule has 5 rings (SSSR count). The number of para-hydroxylation sites is 1. The molecule has 2 aliphatic rings. The number of carbonyl (C=O) groups is 1. The van der Waals surface area contributed by atoms with Crippen LogP contribution >= 0.6 is 0 Å². The number of aromatic nitrogens is 2. The van der Waals surface area contributed by atoms with Gasteiger partial charge in [-0.15, -0.1) is 0 Å². The molecule has 206 valence electrons. The van der Waals surface area contributed by atoms with Gasteiger partial charge in [0.1, 0.15) is 11.4 Å². The first-order valence-corrected chi connectivity index (χ1v) is 13.1. The first-order chi connectivity index (χ1) is 18.9. The number of hydrogen-bond donors (Lipinski definition) is 3. The topological polar surface area (TPSA) is 101 Å². The number of amides is 1. The van der Waals surface area contributed by atoms with E-state index in [1.165, 1.54) is 12.1 Å². The van der Waals surface area contributed by atoms with Gasteiger partial charge in [0.05, 0.1) is 24.0 Å². The Bertz CT molecular complexity index is 1400. The van der Waals surface area contributed by atoms with Gasteiger partial charge in [-0.05, 0) is 56.1 Å². The lowest BCUT2D eigenvalue weighted by molar-refractivity contribution is 0.102. The Morgan fingerprint density at radius 2 is 1.85 bits per heavy atom. The van der Waals surface area contributed by atoms with Crippen molar-refractivity contribution in [1.82, 2.24) is 15.1 Å². The number of anilines is 3. The van der Waals surface area contributed by atoms with Gasteiger partial charge in [-0.25, -0.2) is 8.78 Å². The Morgan fingerprint density at radius 1 is 1.08 bits per heavy atom. The molecule has 0 saturated carbocycles. The lowest BCUT2D eigenvalue weighted by atomic mass is 10.1.